The van der Waals surface area contributed by atoms with Crippen LogP contribution < -0.4 is 5.73 Å². The van der Waals surface area contributed by atoms with Gasteiger partial charge in [0.25, 0.3) is 0 Å². The first-order chi connectivity index (χ1) is 6.63. The minimum absolute atomic E-state index is 0.0292. The quantitative estimate of drug-likeness (QED) is 0.779. The third-order valence-electron chi connectivity index (χ3n) is 2.09. The Kier molecular flexibility index (Phi) is 3.83. The van der Waals surface area contributed by atoms with Crippen molar-refractivity contribution in [3.8, 4) is 5.75 Å². The number of benzene rings is 1. The largest absolute Gasteiger partial charge is 0.508 e. The standard InChI is InChI=1S/C10H13F2NO/c11-10(12)8(6-13)5-7-1-3-9(14)4-2-7/h1-4,8,10,14H,5-6,13H2. The molecule has 1 unspecified atom stereocenters. The normalized spacial score (nSPS) is 13.1. The summed E-state index contributed by atoms with van der Waals surface area (Å²) in [6, 6.07) is 6.21. The lowest BCUT2D eigenvalue weighted by molar-refractivity contribution is 0.0814. The fourth-order valence-corrected chi connectivity index (χ4v) is 1.21. The van der Waals surface area contributed by atoms with Gasteiger partial charge in [-0.05, 0) is 24.1 Å². The van der Waals surface area contributed by atoms with Crippen molar-refractivity contribution in [1.82, 2.24) is 0 Å². The van der Waals surface area contributed by atoms with E-state index in [1.165, 1.54) is 12.1 Å². The Bertz CT molecular complexity index is 274. The minimum atomic E-state index is -2.39. The van der Waals surface area contributed by atoms with Crippen LogP contribution in [0, 0.1) is 5.92 Å². The van der Waals surface area contributed by atoms with Gasteiger partial charge >= 0.3 is 0 Å². The first kappa shape index (κ1) is 10.9. The number of hydrogen-bond acceptors (Lipinski definition) is 2. The second-order valence-corrected chi connectivity index (χ2v) is 3.20. The number of alkyl halides is 2. The van der Waals surface area contributed by atoms with Crippen LogP contribution in [-0.2, 0) is 6.42 Å². The van der Waals surface area contributed by atoms with Crippen LogP contribution in [0.3, 0.4) is 0 Å². The molecule has 3 N–H and O–H groups in total. The number of aromatic hydroxyl groups is 1. The molecule has 14 heavy (non-hydrogen) atoms. The first-order valence-corrected chi connectivity index (χ1v) is 4.39. The molecule has 0 spiro atoms. The van der Waals surface area contributed by atoms with Crippen LogP contribution in [0.2, 0.25) is 0 Å². The summed E-state index contributed by atoms with van der Waals surface area (Å²) in [5, 5.41) is 8.98. The molecule has 78 valence electrons. The molecule has 0 aliphatic carbocycles. The van der Waals surface area contributed by atoms with Crippen molar-refractivity contribution in [2.75, 3.05) is 6.54 Å². The lowest BCUT2D eigenvalue weighted by Gasteiger charge is -2.13. The van der Waals surface area contributed by atoms with Crippen LogP contribution in [0.1, 0.15) is 5.56 Å². The van der Waals surface area contributed by atoms with Crippen molar-refractivity contribution in [2.45, 2.75) is 12.8 Å². The molecule has 4 heteroatoms. The Balaban J connectivity index is 2.63. The molecule has 1 rings (SSSR count). The van der Waals surface area contributed by atoms with Gasteiger partial charge in [-0.25, -0.2) is 8.78 Å². The van der Waals surface area contributed by atoms with E-state index in [9.17, 15) is 8.78 Å². The van der Waals surface area contributed by atoms with E-state index in [1.54, 1.807) is 12.1 Å². The summed E-state index contributed by atoms with van der Waals surface area (Å²) in [5.74, 6) is -0.672. The fourth-order valence-electron chi connectivity index (χ4n) is 1.21. The van der Waals surface area contributed by atoms with Crippen LogP contribution >= 0.6 is 0 Å². The number of halogens is 2. The molecule has 1 atom stereocenters. The molecule has 0 amide bonds. The lowest BCUT2D eigenvalue weighted by atomic mass is 10.00. The van der Waals surface area contributed by atoms with Gasteiger partial charge in [-0.1, -0.05) is 12.1 Å². The zero-order valence-electron chi connectivity index (χ0n) is 7.66. The molecular formula is C10H13F2NO. The van der Waals surface area contributed by atoms with Crippen molar-refractivity contribution in [3.05, 3.63) is 29.8 Å². The average molecular weight is 201 g/mol. The summed E-state index contributed by atoms with van der Waals surface area (Å²) in [7, 11) is 0. The third-order valence-corrected chi connectivity index (χ3v) is 2.09. The number of hydrogen-bond donors (Lipinski definition) is 2. The zero-order valence-corrected chi connectivity index (χ0v) is 7.66. The molecule has 0 aliphatic rings. The molecule has 0 heterocycles. The van der Waals surface area contributed by atoms with E-state index in [1.807, 2.05) is 0 Å². The molecule has 1 aromatic carbocycles. The van der Waals surface area contributed by atoms with Gasteiger partial charge < -0.3 is 10.8 Å². The van der Waals surface area contributed by atoms with Crippen LogP contribution in [-0.4, -0.2) is 18.1 Å². The number of nitrogens with two attached hydrogens (primary N) is 1. The van der Waals surface area contributed by atoms with Crippen molar-refractivity contribution in [2.24, 2.45) is 11.7 Å². The predicted octanol–water partition coefficient (Wildman–Crippen LogP) is 1.77. The van der Waals surface area contributed by atoms with Crippen LogP contribution in [0.15, 0.2) is 24.3 Å². The summed E-state index contributed by atoms with van der Waals surface area (Å²) < 4.78 is 24.7. The molecule has 0 aromatic heterocycles. The van der Waals surface area contributed by atoms with E-state index in [-0.39, 0.29) is 18.7 Å². The van der Waals surface area contributed by atoms with Gasteiger partial charge in [0.2, 0.25) is 6.43 Å². The van der Waals surface area contributed by atoms with E-state index >= 15 is 0 Å². The highest BCUT2D eigenvalue weighted by Crippen LogP contribution is 2.17. The highest BCUT2D eigenvalue weighted by molar-refractivity contribution is 5.26. The van der Waals surface area contributed by atoms with Gasteiger partial charge in [0.1, 0.15) is 5.75 Å². The van der Waals surface area contributed by atoms with E-state index in [2.05, 4.69) is 0 Å². The second-order valence-electron chi connectivity index (χ2n) is 3.20. The van der Waals surface area contributed by atoms with Gasteiger partial charge in [0.15, 0.2) is 0 Å². The number of rotatable bonds is 4. The van der Waals surface area contributed by atoms with Crippen LogP contribution in [0.5, 0.6) is 5.75 Å². The van der Waals surface area contributed by atoms with Crippen LogP contribution in [0.4, 0.5) is 8.78 Å². The smallest absolute Gasteiger partial charge is 0.242 e. The van der Waals surface area contributed by atoms with E-state index in [0.717, 1.165) is 5.56 Å². The number of phenolic OH excluding ortho intramolecular Hbond substituents is 1. The fraction of sp³-hybridized carbons (Fsp3) is 0.400. The Morgan fingerprint density at radius 2 is 1.79 bits per heavy atom. The Morgan fingerprint density at radius 1 is 1.21 bits per heavy atom. The Labute approximate surface area is 81.4 Å². The maximum atomic E-state index is 12.3. The summed E-state index contributed by atoms with van der Waals surface area (Å²) in [4.78, 5) is 0. The zero-order chi connectivity index (χ0) is 10.6. The molecule has 0 bridgehead atoms. The minimum Gasteiger partial charge on any atom is -0.508 e. The molecule has 0 saturated heterocycles. The van der Waals surface area contributed by atoms with Crippen molar-refractivity contribution >= 4 is 0 Å². The van der Waals surface area contributed by atoms with Crippen molar-refractivity contribution in [1.29, 1.82) is 0 Å². The topological polar surface area (TPSA) is 46.2 Å². The van der Waals surface area contributed by atoms with Gasteiger partial charge in [-0.3, -0.25) is 0 Å². The highest BCUT2D eigenvalue weighted by atomic mass is 19.3. The highest BCUT2D eigenvalue weighted by Gasteiger charge is 2.18. The SMILES string of the molecule is NCC(Cc1ccc(O)cc1)C(F)F. The van der Waals surface area contributed by atoms with E-state index in [4.69, 9.17) is 10.8 Å². The van der Waals surface area contributed by atoms with Gasteiger partial charge in [0.05, 0.1) is 0 Å². The summed E-state index contributed by atoms with van der Waals surface area (Å²) in [6.45, 7) is -0.0292. The molecule has 1 aromatic rings. The summed E-state index contributed by atoms with van der Waals surface area (Å²) in [5.41, 5.74) is 5.98. The molecular weight excluding hydrogens is 188 g/mol. The molecule has 0 fully saturated rings. The first-order valence-electron chi connectivity index (χ1n) is 4.39. The molecule has 0 saturated carbocycles. The van der Waals surface area contributed by atoms with Crippen molar-refractivity contribution < 1.29 is 13.9 Å². The monoisotopic (exact) mass is 201 g/mol. The van der Waals surface area contributed by atoms with Crippen LogP contribution in [0.25, 0.3) is 0 Å². The second kappa shape index (κ2) is 4.91. The maximum absolute atomic E-state index is 12.3. The predicted molar refractivity (Wildman–Crippen MR) is 50.4 cm³/mol. The molecule has 0 radical (unpaired) electrons. The Morgan fingerprint density at radius 3 is 2.21 bits per heavy atom. The van der Waals surface area contributed by atoms with Gasteiger partial charge in [0, 0.05) is 12.5 Å². The lowest BCUT2D eigenvalue weighted by Crippen LogP contribution is -2.23. The number of phenols is 1. The van der Waals surface area contributed by atoms with Gasteiger partial charge in [-0.15, -0.1) is 0 Å². The van der Waals surface area contributed by atoms with Crippen molar-refractivity contribution in [3.63, 3.8) is 0 Å². The van der Waals surface area contributed by atoms with E-state index in [0.29, 0.717) is 0 Å². The third kappa shape index (κ3) is 2.96. The van der Waals surface area contributed by atoms with E-state index < -0.39 is 12.3 Å². The molecule has 2 nitrogen and oxygen atoms in total. The average Bonchev–Trinajstić information content (AvgIpc) is 2.16. The maximum Gasteiger partial charge on any atom is 0.242 e. The summed E-state index contributed by atoms with van der Waals surface area (Å²) >= 11 is 0. The Hall–Kier alpha value is -1.16. The molecule has 0 aliphatic heterocycles. The summed E-state index contributed by atoms with van der Waals surface area (Å²) in [6.07, 6.45) is -2.15. The van der Waals surface area contributed by atoms with Gasteiger partial charge in [-0.2, -0.15) is 0 Å².